The van der Waals surface area contributed by atoms with Crippen molar-refractivity contribution in [3.05, 3.63) is 28.7 Å². The Balaban J connectivity index is 1.89. The van der Waals surface area contributed by atoms with Gasteiger partial charge in [-0.3, -0.25) is 4.79 Å². The van der Waals surface area contributed by atoms with Gasteiger partial charge in [0.25, 0.3) is 5.91 Å². The highest BCUT2D eigenvalue weighted by Crippen LogP contribution is 2.24. The Morgan fingerprint density at radius 2 is 2.26 bits per heavy atom. The topological polar surface area (TPSA) is 38.8 Å². The number of amides is 1. The molecule has 0 spiro atoms. The molecule has 1 aliphatic heterocycles. The normalized spacial score (nSPS) is 18.6. The zero-order valence-electron chi connectivity index (χ0n) is 11.0. The van der Waals surface area contributed by atoms with Gasteiger partial charge < -0.3 is 14.4 Å². The first-order valence-corrected chi connectivity index (χ1v) is 7.17. The lowest BCUT2D eigenvalue weighted by Gasteiger charge is -2.24. The number of carbonyl (C=O) groups excluding carboxylic acids is 1. The van der Waals surface area contributed by atoms with E-state index in [0.717, 1.165) is 23.9 Å². The van der Waals surface area contributed by atoms with Gasteiger partial charge in [-0.2, -0.15) is 0 Å². The van der Waals surface area contributed by atoms with Crippen LogP contribution >= 0.6 is 15.9 Å². The Morgan fingerprint density at radius 3 is 3.00 bits per heavy atom. The van der Waals surface area contributed by atoms with E-state index in [2.05, 4.69) is 15.9 Å². The van der Waals surface area contributed by atoms with E-state index < -0.39 is 0 Å². The molecule has 4 nitrogen and oxygen atoms in total. The maximum atomic E-state index is 12.1. The number of ether oxygens (including phenoxy) is 2. The number of hydrogen-bond donors (Lipinski definition) is 0. The molecular formula is C14H18BrNO3. The summed E-state index contributed by atoms with van der Waals surface area (Å²) in [6.07, 6.45) is 2.05. The molecule has 19 heavy (non-hydrogen) atoms. The third-order valence-electron chi connectivity index (χ3n) is 3.24. The number of rotatable bonds is 5. The maximum Gasteiger partial charge on any atom is 0.260 e. The van der Waals surface area contributed by atoms with Crippen LogP contribution in [0, 0.1) is 0 Å². The average Bonchev–Trinajstić information content (AvgIpc) is 2.86. The minimum absolute atomic E-state index is 0.0234. The average molecular weight is 328 g/mol. The highest BCUT2D eigenvalue weighted by atomic mass is 79.9. The summed E-state index contributed by atoms with van der Waals surface area (Å²) >= 11 is 3.40. The van der Waals surface area contributed by atoms with E-state index in [9.17, 15) is 4.79 Å². The van der Waals surface area contributed by atoms with E-state index in [1.165, 1.54) is 0 Å². The molecule has 0 aliphatic carbocycles. The molecule has 0 radical (unpaired) electrons. The highest BCUT2D eigenvalue weighted by molar-refractivity contribution is 9.10. The van der Waals surface area contributed by atoms with Crippen molar-refractivity contribution in [3.63, 3.8) is 0 Å². The Morgan fingerprint density at radius 1 is 1.47 bits per heavy atom. The molecule has 1 amide bonds. The number of para-hydroxylation sites is 1. The molecule has 0 aromatic heterocycles. The molecule has 1 aliphatic rings. The van der Waals surface area contributed by atoms with Crippen molar-refractivity contribution in [2.24, 2.45) is 0 Å². The number of benzene rings is 1. The fourth-order valence-corrected chi connectivity index (χ4v) is 2.71. The number of methoxy groups -OCH3 is 1. The lowest BCUT2D eigenvalue weighted by molar-refractivity contribution is -0.135. The second-order valence-corrected chi connectivity index (χ2v) is 5.41. The summed E-state index contributed by atoms with van der Waals surface area (Å²) in [6, 6.07) is 7.72. The molecule has 5 heteroatoms. The van der Waals surface area contributed by atoms with Crippen molar-refractivity contribution in [1.29, 1.82) is 0 Å². The van der Waals surface area contributed by atoms with E-state index in [-0.39, 0.29) is 18.6 Å². The van der Waals surface area contributed by atoms with Crippen molar-refractivity contribution in [3.8, 4) is 5.75 Å². The Kier molecular flexibility index (Phi) is 5.22. The lowest BCUT2D eigenvalue weighted by atomic mass is 10.2. The summed E-state index contributed by atoms with van der Waals surface area (Å²) in [7, 11) is 1.67. The van der Waals surface area contributed by atoms with Crippen LogP contribution in [0.15, 0.2) is 28.7 Å². The van der Waals surface area contributed by atoms with Gasteiger partial charge in [0.05, 0.1) is 17.1 Å². The molecule has 1 atom stereocenters. The molecule has 1 unspecified atom stereocenters. The fourth-order valence-electron chi connectivity index (χ4n) is 2.31. The third-order valence-corrected chi connectivity index (χ3v) is 3.90. The van der Waals surface area contributed by atoms with Crippen molar-refractivity contribution in [1.82, 2.24) is 4.90 Å². The van der Waals surface area contributed by atoms with Crippen LogP contribution in [0.2, 0.25) is 0 Å². The van der Waals surface area contributed by atoms with Gasteiger partial charge in [0.15, 0.2) is 6.61 Å². The third kappa shape index (κ3) is 3.70. The standard InChI is InChI=1S/C14H18BrNO3/c1-18-9-11-5-4-8-16(11)14(17)10-19-13-7-3-2-6-12(13)15/h2-3,6-7,11H,4-5,8-10H2,1H3. The zero-order valence-corrected chi connectivity index (χ0v) is 12.6. The SMILES string of the molecule is COCC1CCCN1C(=O)COc1ccccc1Br. The largest absolute Gasteiger partial charge is 0.483 e. The first-order chi connectivity index (χ1) is 9.22. The molecule has 1 aromatic carbocycles. The molecule has 104 valence electrons. The minimum atomic E-state index is 0.0234. The Hall–Kier alpha value is -1.07. The summed E-state index contributed by atoms with van der Waals surface area (Å²) in [5, 5.41) is 0. The number of halogens is 1. The van der Waals surface area contributed by atoms with E-state index in [0.29, 0.717) is 12.4 Å². The van der Waals surface area contributed by atoms with Gasteiger partial charge in [0, 0.05) is 13.7 Å². The molecule has 0 N–H and O–H groups in total. The highest BCUT2D eigenvalue weighted by Gasteiger charge is 2.28. The van der Waals surface area contributed by atoms with Crippen LogP contribution in [0.5, 0.6) is 5.75 Å². The molecule has 1 saturated heterocycles. The van der Waals surface area contributed by atoms with E-state index in [1.54, 1.807) is 7.11 Å². The quantitative estimate of drug-likeness (QED) is 0.833. The summed E-state index contributed by atoms with van der Waals surface area (Å²) in [5.41, 5.74) is 0. The summed E-state index contributed by atoms with van der Waals surface area (Å²) in [5.74, 6) is 0.716. The molecule has 1 heterocycles. The lowest BCUT2D eigenvalue weighted by Crippen LogP contribution is -2.40. The van der Waals surface area contributed by atoms with Crippen LogP contribution in [-0.2, 0) is 9.53 Å². The van der Waals surface area contributed by atoms with Crippen LogP contribution < -0.4 is 4.74 Å². The van der Waals surface area contributed by atoms with Crippen LogP contribution in [-0.4, -0.2) is 43.7 Å². The molecule has 0 saturated carbocycles. The second-order valence-electron chi connectivity index (χ2n) is 4.56. The summed E-state index contributed by atoms with van der Waals surface area (Å²) < 4.78 is 11.6. The molecule has 1 fully saturated rings. The number of likely N-dealkylation sites (tertiary alicyclic amines) is 1. The first-order valence-electron chi connectivity index (χ1n) is 6.38. The van der Waals surface area contributed by atoms with Crippen LogP contribution in [0.4, 0.5) is 0 Å². The van der Waals surface area contributed by atoms with Crippen molar-refractivity contribution in [2.75, 3.05) is 26.9 Å². The maximum absolute atomic E-state index is 12.1. The smallest absolute Gasteiger partial charge is 0.260 e. The van der Waals surface area contributed by atoms with Crippen LogP contribution in [0.25, 0.3) is 0 Å². The van der Waals surface area contributed by atoms with E-state index >= 15 is 0 Å². The van der Waals surface area contributed by atoms with Gasteiger partial charge >= 0.3 is 0 Å². The second kappa shape index (κ2) is 6.91. The van der Waals surface area contributed by atoms with Gasteiger partial charge in [0.2, 0.25) is 0 Å². The van der Waals surface area contributed by atoms with Gasteiger partial charge in [-0.15, -0.1) is 0 Å². The molecule has 0 bridgehead atoms. The minimum Gasteiger partial charge on any atom is -0.483 e. The fraction of sp³-hybridized carbons (Fsp3) is 0.500. The van der Waals surface area contributed by atoms with Crippen molar-refractivity contribution in [2.45, 2.75) is 18.9 Å². The molecular weight excluding hydrogens is 310 g/mol. The predicted octanol–water partition coefficient (Wildman–Crippen LogP) is 2.47. The van der Waals surface area contributed by atoms with E-state index in [4.69, 9.17) is 9.47 Å². The zero-order chi connectivity index (χ0) is 13.7. The van der Waals surface area contributed by atoms with Crippen LogP contribution in [0.3, 0.4) is 0 Å². The monoisotopic (exact) mass is 327 g/mol. The van der Waals surface area contributed by atoms with Gasteiger partial charge in [-0.25, -0.2) is 0 Å². The van der Waals surface area contributed by atoms with Crippen molar-refractivity contribution < 1.29 is 14.3 Å². The van der Waals surface area contributed by atoms with Crippen LogP contribution in [0.1, 0.15) is 12.8 Å². The van der Waals surface area contributed by atoms with Gasteiger partial charge in [-0.1, -0.05) is 12.1 Å². The number of nitrogens with zero attached hydrogens (tertiary/aromatic N) is 1. The molecule has 1 aromatic rings. The number of hydrogen-bond acceptors (Lipinski definition) is 3. The first kappa shape index (κ1) is 14.3. The molecule has 2 rings (SSSR count). The summed E-state index contributed by atoms with van der Waals surface area (Å²) in [6.45, 7) is 1.47. The number of carbonyl (C=O) groups is 1. The Bertz CT molecular complexity index is 438. The van der Waals surface area contributed by atoms with E-state index in [1.807, 2.05) is 29.2 Å². The Labute approximate surface area is 121 Å². The van der Waals surface area contributed by atoms with Crippen molar-refractivity contribution >= 4 is 21.8 Å². The predicted molar refractivity (Wildman–Crippen MR) is 76.2 cm³/mol. The summed E-state index contributed by atoms with van der Waals surface area (Å²) in [4.78, 5) is 14.0. The van der Waals surface area contributed by atoms with Gasteiger partial charge in [0.1, 0.15) is 5.75 Å². The van der Waals surface area contributed by atoms with Gasteiger partial charge in [-0.05, 0) is 40.9 Å².